The van der Waals surface area contributed by atoms with Gasteiger partial charge < -0.3 is 19.7 Å². The molecule has 34 heavy (non-hydrogen) atoms. The van der Waals surface area contributed by atoms with Crippen molar-refractivity contribution in [1.82, 2.24) is 10.1 Å². The van der Waals surface area contributed by atoms with Gasteiger partial charge in [-0.05, 0) is 60.7 Å². The smallest absolute Gasteiger partial charge is 0.339 e. The van der Waals surface area contributed by atoms with E-state index in [1.807, 2.05) is 42.5 Å². The predicted molar refractivity (Wildman–Crippen MR) is 126 cm³/mol. The summed E-state index contributed by atoms with van der Waals surface area (Å²) in [5, 5.41) is 16.5. The van der Waals surface area contributed by atoms with E-state index in [0.717, 1.165) is 22.4 Å². The van der Waals surface area contributed by atoms with Crippen LogP contribution in [0, 0.1) is 6.92 Å². The molecule has 2 heterocycles. The van der Waals surface area contributed by atoms with Gasteiger partial charge in [-0.3, -0.25) is 4.79 Å². The van der Waals surface area contributed by atoms with Crippen molar-refractivity contribution in [3.05, 3.63) is 82.7 Å². The van der Waals surface area contributed by atoms with Crippen molar-refractivity contribution >= 4 is 40.2 Å². The second-order valence-corrected chi connectivity index (χ2v) is 8.04. The van der Waals surface area contributed by atoms with E-state index in [0.29, 0.717) is 35.1 Å². The molecule has 1 amide bonds. The molecule has 2 N–H and O–H groups in total. The van der Waals surface area contributed by atoms with Crippen LogP contribution in [-0.2, 0) is 16.0 Å². The first-order chi connectivity index (χ1) is 16.5. The number of anilines is 1. The quantitative estimate of drug-likeness (QED) is 0.425. The van der Waals surface area contributed by atoms with E-state index >= 15 is 0 Å². The number of aryl methyl sites for hydroxylation is 1. The first-order valence-corrected chi connectivity index (χ1v) is 10.8. The van der Waals surface area contributed by atoms with Crippen LogP contribution in [-0.4, -0.2) is 33.7 Å². The first-order valence-electron chi connectivity index (χ1n) is 10.8. The zero-order valence-electron chi connectivity index (χ0n) is 18.4. The van der Waals surface area contributed by atoms with Crippen LogP contribution >= 0.6 is 0 Å². The highest BCUT2D eigenvalue weighted by Gasteiger charge is 2.28. The highest BCUT2D eigenvalue weighted by atomic mass is 16.5. The summed E-state index contributed by atoms with van der Waals surface area (Å²) in [5.74, 6) is -0.0669. The third-order valence-corrected chi connectivity index (χ3v) is 5.61. The number of benzene rings is 2. The van der Waals surface area contributed by atoms with Crippen LogP contribution in [0.3, 0.4) is 0 Å². The Labute approximate surface area is 194 Å². The second-order valence-electron chi connectivity index (χ2n) is 8.04. The molecule has 2 aromatic heterocycles. The number of allylic oxidation sites excluding steroid dienone is 1. The van der Waals surface area contributed by atoms with Gasteiger partial charge in [-0.15, -0.1) is 0 Å². The van der Waals surface area contributed by atoms with E-state index in [4.69, 9.17) is 14.2 Å². The van der Waals surface area contributed by atoms with E-state index in [1.54, 1.807) is 25.1 Å². The van der Waals surface area contributed by atoms with Crippen molar-refractivity contribution in [2.75, 3.05) is 11.9 Å². The molecule has 5 rings (SSSR count). The van der Waals surface area contributed by atoms with Crippen LogP contribution in [0.15, 0.2) is 59.1 Å². The number of aromatic hydroxyl groups is 1. The highest BCUT2D eigenvalue weighted by molar-refractivity contribution is 6.08. The average molecular weight is 455 g/mol. The van der Waals surface area contributed by atoms with Crippen molar-refractivity contribution in [1.29, 1.82) is 0 Å². The molecule has 0 spiro atoms. The SMILES string of the molecule is Cc1cc(NC(=O)COC(=O)c2c3c(nc4ccccc24)C(=Cc2ccc(O)cc2)CC3)no1. The van der Waals surface area contributed by atoms with Crippen molar-refractivity contribution < 1.29 is 24.0 Å². The summed E-state index contributed by atoms with van der Waals surface area (Å²) in [5.41, 5.74) is 4.59. The van der Waals surface area contributed by atoms with E-state index in [-0.39, 0.29) is 11.6 Å². The number of phenolic OH excluding ortho intramolecular Hbond substituents is 1. The number of carbonyl (C=O) groups excluding carboxylic acids is 2. The second kappa shape index (κ2) is 8.82. The number of para-hydroxylation sites is 1. The Balaban J connectivity index is 1.44. The Morgan fingerprint density at radius 2 is 1.94 bits per heavy atom. The van der Waals surface area contributed by atoms with Gasteiger partial charge in [0.05, 0.1) is 16.8 Å². The summed E-state index contributed by atoms with van der Waals surface area (Å²) in [6.45, 7) is 1.26. The lowest BCUT2D eigenvalue weighted by atomic mass is 10.0. The number of aromatic nitrogens is 2. The average Bonchev–Trinajstić information content (AvgIpc) is 3.42. The van der Waals surface area contributed by atoms with Crippen molar-refractivity contribution in [3.8, 4) is 5.75 Å². The van der Waals surface area contributed by atoms with Gasteiger partial charge in [0.25, 0.3) is 5.91 Å². The molecule has 0 bridgehead atoms. The molecule has 1 aliphatic carbocycles. The molecule has 2 aromatic carbocycles. The third kappa shape index (κ3) is 4.25. The molecule has 0 aliphatic heterocycles. The minimum absolute atomic E-state index is 0.200. The molecule has 1 aliphatic rings. The summed E-state index contributed by atoms with van der Waals surface area (Å²) in [7, 11) is 0. The van der Waals surface area contributed by atoms with Gasteiger partial charge in [-0.2, -0.15) is 0 Å². The van der Waals surface area contributed by atoms with Gasteiger partial charge in [0.1, 0.15) is 11.5 Å². The van der Waals surface area contributed by atoms with Crippen LogP contribution in [0.1, 0.15) is 39.4 Å². The van der Waals surface area contributed by atoms with E-state index in [1.165, 1.54) is 0 Å². The number of hydrogen-bond donors (Lipinski definition) is 2. The number of nitrogens with one attached hydrogen (secondary N) is 1. The zero-order valence-corrected chi connectivity index (χ0v) is 18.4. The van der Waals surface area contributed by atoms with E-state index < -0.39 is 18.5 Å². The van der Waals surface area contributed by atoms with Gasteiger partial charge in [-0.25, -0.2) is 9.78 Å². The topological polar surface area (TPSA) is 115 Å². The fourth-order valence-corrected chi connectivity index (χ4v) is 4.09. The first kappa shape index (κ1) is 21.4. The van der Waals surface area contributed by atoms with Gasteiger partial charge in [0, 0.05) is 11.5 Å². The van der Waals surface area contributed by atoms with E-state index in [9.17, 15) is 14.7 Å². The molecule has 0 saturated carbocycles. The normalized spacial score (nSPS) is 13.7. The number of carbonyl (C=O) groups is 2. The Bertz CT molecular complexity index is 1440. The van der Waals surface area contributed by atoms with Crippen LogP contribution in [0.4, 0.5) is 5.82 Å². The largest absolute Gasteiger partial charge is 0.508 e. The van der Waals surface area contributed by atoms with Crippen molar-refractivity contribution in [2.24, 2.45) is 0 Å². The maximum absolute atomic E-state index is 13.2. The summed E-state index contributed by atoms with van der Waals surface area (Å²) < 4.78 is 10.3. The predicted octanol–water partition coefficient (Wildman–Crippen LogP) is 4.52. The molecule has 4 aromatic rings. The minimum atomic E-state index is -0.577. The lowest BCUT2D eigenvalue weighted by molar-refractivity contribution is -0.119. The fourth-order valence-electron chi connectivity index (χ4n) is 4.09. The number of rotatable bonds is 5. The van der Waals surface area contributed by atoms with Crippen LogP contribution < -0.4 is 5.32 Å². The van der Waals surface area contributed by atoms with Gasteiger partial charge in [0.15, 0.2) is 12.4 Å². The molecule has 0 fully saturated rings. The number of esters is 1. The van der Waals surface area contributed by atoms with Crippen LogP contribution in [0.5, 0.6) is 5.75 Å². The lowest BCUT2D eigenvalue weighted by Crippen LogP contribution is -2.22. The van der Waals surface area contributed by atoms with Gasteiger partial charge in [-0.1, -0.05) is 35.5 Å². The number of nitrogens with zero attached hydrogens (tertiary/aromatic N) is 2. The number of phenols is 1. The van der Waals surface area contributed by atoms with E-state index in [2.05, 4.69) is 10.5 Å². The molecule has 0 unspecified atom stereocenters. The maximum atomic E-state index is 13.2. The molecule has 8 nitrogen and oxygen atoms in total. The Morgan fingerprint density at radius 1 is 1.15 bits per heavy atom. The summed E-state index contributed by atoms with van der Waals surface area (Å²) >= 11 is 0. The van der Waals surface area contributed by atoms with Gasteiger partial charge >= 0.3 is 5.97 Å². The highest BCUT2D eigenvalue weighted by Crippen LogP contribution is 2.37. The maximum Gasteiger partial charge on any atom is 0.339 e. The monoisotopic (exact) mass is 455 g/mol. The number of ether oxygens (including phenoxy) is 1. The number of amides is 1. The molecule has 0 saturated heterocycles. The Kier molecular flexibility index (Phi) is 5.55. The van der Waals surface area contributed by atoms with Crippen LogP contribution in [0.25, 0.3) is 22.6 Å². The van der Waals surface area contributed by atoms with Gasteiger partial charge in [0.2, 0.25) is 0 Å². The molecule has 0 radical (unpaired) electrons. The Hall–Kier alpha value is -4.46. The third-order valence-electron chi connectivity index (χ3n) is 5.61. The Morgan fingerprint density at radius 3 is 2.71 bits per heavy atom. The molecule has 8 heteroatoms. The summed E-state index contributed by atoms with van der Waals surface area (Å²) in [4.78, 5) is 30.2. The number of hydrogen-bond acceptors (Lipinski definition) is 7. The minimum Gasteiger partial charge on any atom is -0.508 e. The van der Waals surface area contributed by atoms with Crippen LogP contribution in [0.2, 0.25) is 0 Å². The standard InChI is InChI=1S/C26H21N3O5/c1-15-12-22(29-34-15)28-23(31)14-33-26(32)24-19-4-2-3-5-21(19)27-25-17(8-11-20(24)25)13-16-6-9-18(30)10-7-16/h2-7,9-10,12-13,30H,8,11,14H2,1H3,(H,28,29,31). The molecular formula is C26H21N3O5. The zero-order chi connectivity index (χ0) is 23.7. The van der Waals surface area contributed by atoms with Crippen molar-refractivity contribution in [2.45, 2.75) is 19.8 Å². The molecular weight excluding hydrogens is 434 g/mol. The number of pyridine rings is 1. The number of fused-ring (bicyclic) bond motifs is 2. The lowest BCUT2D eigenvalue weighted by Gasteiger charge is -2.12. The fraction of sp³-hybridized carbons (Fsp3) is 0.154. The molecule has 170 valence electrons. The summed E-state index contributed by atoms with van der Waals surface area (Å²) in [6.07, 6.45) is 3.35. The summed E-state index contributed by atoms with van der Waals surface area (Å²) in [6, 6.07) is 15.9. The van der Waals surface area contributed by atoms with Crippen molar-refractivity contribution in [3.63, 3.8) is 0 Å². The molecule has 0 atom stereocenters.